The molecule has 1 fully saturated rings. The van der Waals surface area contributed by atoms with E-state index in [4.69, 9.17) is 10.5 Å². The number of fused-ring (bicyclic) bond motifs is 1. The zero-order valence-corrected chi connectivity index (χ0v) is 21.8. The SMILES string of the molecule is CC(C)(N)C(=O)NC(COc1ccccc1)C(=O)N1CCC2=NN(CC(F)F)C(=O)C2(Cc2ccccn2)C1. The van der Waals surface area contributed by atoms with Crippen molar-refractivity contribution in [3.05, 3.63) is 60.4 Å². The van der Waals surface area contributed by atoms with E-state index >= 15 is 0 Å². The molecule has 2 unspecified atom stereocenters. The molecule has 1 aromatic heterocycles. The van der Waals surface area contributed by atoms with Crippen LogP contribution in [0.4, 0.5) is 8.78 Å². The molecule has 1 saturated heterocycles. The highest BCUT2D eigenvalue weighted by Crippen LogP contribution is 2.38. The molecule has 2 atom stereocenters. The lowest BCUT2D eigenvalue weighted by Gasteiger charge is -2.40. The number of hydrogen-bond acceptors (Lipinski definition) is 7. The minimum Gasteiger partial charge on any atom is -0.491 e. The van der Waals surface area contributed by atoms with Gasteiger partial charge in [-0.05, 0) is 38.1 Å². The molecule has 4 rings (SSSR count). The number of nitrogens with zero attached hydrogens (tertiary/aromatic N) is 4. The summed E-state index contributed by atoms with van der Waals surface area (Å²) in [7, 11) is 0. The number of hydrazone groups is 1. The van der Waals surface area contributed by atoms with Crippen LogP contribution in [0.1, 0.15) is 26.0 Å². The lowest BCUT2D eigenvalue weighted by Crippen LogP contribution is -2.62. The highest BCUT2D eigenvalue weighted by Gasteiger charge is 2.55. The smallest absolute Gasteiger partial charge is 0.258 e. The normalized spacial score (nSPS) is 19.9. The Kier molecular flexibility index (Phi) is 8.24. The van der Waals surface area contributed by atoms with Crippen LogP contribution in [0.25, 0.3) is 0 Å². The summed E-state index contributed by atoms with van der Waals surface area (Å²) in [5.74, 6) is -1.14. The second-order valence-electron chi connectivity index (χ2n) is 10.3. The first-order valence-corrected chi connectivity index (χ1v) is 12.6. The molecule has 3 N–H and O–H groups in total. The largest absolute Gasteiger partial charge is 0.491 e. The number of rotatable bonds is 10. The standard InChI is InChI=1S/C27H32F2N6O4/c1-26(2,30)24(37)32-20(16-39-19-9-4-3-5-10-19)23(36)34-13-11-21-27(17-34,14-18-8-6-7-12-31-18)25(38)35(33-21)15-22(28)29/h3-10,12,20,22H,11,13-17,30H2,1-2H3,(H,32,37). The topological polar surface area (TPSA) is 130 Å². The number of nitrogens with two attached hydrogens (primary N) is 1. The monoisotopic (exact) mass is 542 g/mol. The summed E-state index contributed by atoms with van der Waals surface area (Å²) in [5, 5.41) is 7.71. The molecule has 10 nitrogen and oxygen atoms in total. The fourth-order valence-electron chi connectivity index (χ4n) is 4.67. The molecule has 3 heterocycles. The van der Waals surface area contributed by atoms with Crippen LogP contribution in [0.3, 0.4) is 0 Å². The summed E-state index contributed by atoms with van der Waals surface area (Å²) in [6.45, 7) is 2.09. The highest BCUT2D eigenvalue weighted by atomic mass is 19.3. The molecule has 0 radical (unpaired) electrons. The number of amides is 3. The molecule has 0 aliphatic carbocycles. The van der Waals surface area contributed by atoms with Gasteiger partial charge in [0.2, 0.25) is 11.8 Å². The second-order valence-corrected chi connectivity index (χ2v) is 10.3. The Morgan fingerprint density at radius 2 is 1.90 bits per heavy atom. The van der Waals surface area contributed by atoms with Crippen molar-refractivity contribution in [3.8, 4) is 5.75 Å². The number of pyridine rings is 1. The Morgan fingerprint density at radius 1 is 1.18 bits per heavy atom. The zero-order valence-electron chi connectivity index (χ0n) is 21.8. The van der Waals surface area contributed by atoms with Gasteiger partial charge in [0.25, 0.3) is 12.3 Å². The van der Waals surface area contributed by atoms with Crippen LogP contribution in [0.2, 0.25) is 0 Å². The van der Waals surface area contributed by atoms with E-state index in [2.05, 4.69) is 15.4 Å². The van der Waals surface area contributed by atoms with Gasteiger partial charge < -0.3 is 20.7 Å². The summed E-state index contributed by atoms with van der Waals surface area (Å²) in [4.78, 5) is 45.9. The van der Waals surface area contributed by atoms with Crippen molar-refractivity contribution in [2.75, 3.05) is 26.2 Å². The number of para-hydroxylation sites is 1. The molecule has 12 heteroatoms. The van der Waals surface area contributed by atoms with Crippen LogP contribution in [0.15, 0.2) is 59.8 Å². The van der Waals surface area contributed by atoms with Gasteiger partial charge in [0.05, 0.1) is 11.3 Å². The van der Waals surface area contributed by atoms with Gasteiger partial charge >= 0.3 is 0 Å². The first-order chi connectivity index (χ1) is 18.5. The van der Waals surface area contributed by atoms with E-state index in [1.54, 1.807) is 48.7 Å². The Morgan fingerprint density at radius 3 is 2.54 bits per heavy atom. The molecule has 2 aromatic rings. The first-order valence-electron chi connectivity index (χ1n) is 12.6. The first kappa shape index (κ1) is 28.1. The fraction of sp³-hybridized carbons (Fsp3) is 0.444. The Balaban J connectivity index is 1.61. The minimum atomic E-state index is -2.77. The number of carbonyl (C=O) groups excluding carboxylic acids is 3. The molecule has 2 aliphatic heterocycles. The van der Waals surface area contributed by atoms with Crippen molar-refractivity contribution in [3.63, 3.8) is 0 Å². The predicted octanol–water partition coefficient (Wildman–Crippen LogP) is 1.61. The van der Waals surface area contributed by atoms with Gasteiger partial charge in [0, 0.05) is 37.8 Å². The number of hydrogen-bond donors (Lipinski definition) is 2. The predicted molar refractivity (Wildman–Crippen MR) is 139 cm³/mol. The van der Waals surface area contributed by atoms with E-state index in [1.807, 2.05) is 6.07 Å². The molecule has 0 bridgehead atoms. The molecule has 208 valence electrons. The van der Waals surface area contributed by atoms with E-state index in [0.717, 1.165) is 5.01 Å². The Hall–Kier alpha value is -3.93. The van der Waals surface area contributed by atoms with Crippen molar-refractivity contribution in [2.45, 2.75) is 44.7 Å². The molecule has 2 aliphatic rings. The molecular weight excluding hydrogens is 510 g/mol. The number of alkyl halides is 2. The number of likely N-dealkylation sites (tertiary alicyclic amines) is 1. The van der Waals surface area contributed by atoms with Crippen molar-refractivity contribution in [1.82, 2.24) is 20.2 Å². The van der Waals surface area contributed by atoms with E-state index in [1.165, 1.54) is 18.7 Å². The summed E-state index contributed by atoms with van der Waals surface area (Å²) in [6, 6.07) is 12.9. The maximum absolute atomic E-state index is 13.8. The maximum Gasteiger partial charge on any atom is 0.258 e. The van der Waals surface area contributed by atoms with Crippen molar-refractivity contribution >= 4 is 23.4 Å². The van der Waals surface area contributed by atoms with Gasteiger partial charge in [0.1, 0.15) is 30.4 Å². The summed E-state index contributed by atoms with van der Waals surface area (Å²) < 4.78 is 32.3. The second kappa shape index (κ2) is 11.4. The number of benzene rings is 1. The van der Waals surface area contributed by atoms with Gasteiger partial charge in [-0.1, -0.05) is 24.3 Å². The van der Waals surface area contributed by atoms with Crippen molar-refractivity contribution in [1.29, 1.82) is 0 Å². The Labute approximate surface area is 225 Å². The molecule has 1 aromatic carbocycles. The molecular formula is C27H32F2N6O4. The van der Waals surface area contributed by atoms with Crippen LogP contribution in [-0.2, 0) is 20.8 Å². The summed E-state index contributed by atoms with van der Waals surface area (Å²) >= 11 is 0. The van der Waals surface area contributed by atoms with Gasteiger partial charge in [0.15, 0.2) is 0 Å². The third kappa shape index (κ3) is 6.39. The van der Waals surface area contributed by atoms with Gasteiger partial charge in [-0.3, -0.25) is 19.4 Å². The number of carbonyl (C=O) groups is 3. The van der Waals surface area contributed by atoms with E-state index in [-0.39, 0.29) is 32.5 Å². The van der Waals surface area contributed by atoms with Crippen LogP contribution < -0.4 is 15.8 Å². The van der Waals surface area contributed by atoms with E-state index < -0.39 is 47.7 Å². The van der Waals surface area contributed by atoms with Gasteiger partial charge in [-0.2, -0.15) is 5.10 Å². The zero-order chi connectivity index (χ0) is 28.2. The number of ether oxygens (including phenoxy) is 1. The average molecular weight is 543 g/mol. The lowest BCUT2D eigenvalue weighted by atomic mass is 9.74. The van der Waals surface area contributed by atoms with Crippen molar-refractivity contribution in [2.24, 2.45) is 16.3 Å². The molecule has 0 saturated carbocycles. The third-order valence-electron chi connectivity index (χ3n) is 6.70. The van der Waals surface area contributed by atoms with Crippen LogP contribution in [-0.4, -0.2) is 82.6 Å². The molecule has 3 amide bonds. The maximum atomic E-state index is 13.8. The minimum absolute atomic E-state index is 0.0857. The van der Waals surface area contributed by atoms with Crippen LogP contribution >= 0.6 is 0 Å². The summed E-state index contributed by atoms with van der Waals surface area (Å²) in [6.07, 6.45) is -0.904. The Bertz CT molecular complexity index is 1220. The van der Waals surface area contributed by atoms with Gasteiger partial charge in [-0.15, -0.1) is 0 Å². The molecule has 39 heavy (non-hydrogen) atoms. The summed E-state index contributed by atoms with van der Waals surface area (Å²) in [5.41, 5.74) is 4.34. The van der Waals surface area contributed by atoms with E-state index in [9.17, 15) is 23.2 Å². The third-order valence-corrected chi connectivity index (χ3v) is 6.70. The number of halogens is 2. The fourth-order valence-corrected chi connectivity index (χ4v) is 4.67. The molecule has 0 spiro atoms. The van der Waals surface area contributed by atoms with Gasteiger partial charge in [-0.25, -0.2) is 13.8 Å². The van der Waals surface area contributed by atoms with Crippen molar-refractivity contribution < 1.29 is 27.9 Å². The highest BCUT2D eigenvalue weighted by molar-refractivity contribution is 6.13. The van der Waals surface area contributed by atoms with E-state index in [0.29, 0.717) is 17.2 Å². The number of nitrogens with one attached hydrogen (secondary N) is 1. The van der Waals surface area contributed by atoms with Crippen LogP contribution in [0, 0.1) is 5.41 Å². The average Bonchev–Trinajstić information content (AvgIpc) is 3.16. The number of aromatic nitrogens is 1. The number of piperidine rings is 1. The quantitative estimate of drug-likeness (QED) is 0.469. The van der Waals surface area contributed by atoms with Crippen LogP contribution in [0.5, 0.6) is 5.75 Å². The lowest BCUT2D eigenvalue weighted by molar-refractivity contribution is -0.144.